The molecule has 1 unspecified atom stereocenters. The molecule has 0 bridgehead atoms. The average molecular weight is 490 g/mol. The van der Waals surface area contributed by atoms with Crippen molar-refractivity contribution in [1.29, 1.82) is 0 Å². The van der Waals surface area contributed by atoms with Crippen LogP contribution < -0.4 is 9.47 Å². The molecular formula is C27H30F3NO4. The van der Waals surface area contributed by atoms with Crippen LogP contribution in [0.4, 0.5) is 13.2 Å². The first-order valence-electron chi connectivity index (χ1n) is 12.3. The van der Waals surface area contributed by atoms with Crippen molar-refractivity contribution in [1.82, 2.24) is 4.90 Å². The van der Waals surface area contributed by atoms with E-state index in [0.717, 1.165) is 49.0 Å². The zero-order valence-corrected chi connectivity index (χ0v) is 19.8. The predicted molar refractivity (Wildman–Crippen MR) is 124 cm³/mol. The van der Waals surface area contributed by atoms with Crippen LogP contribution in [0, 0.1) is 0 Å². The number of esters is 1. The predicted octanol–water partition coefficient (Wildman–Crippen LogP) is 5.80. The summed E-state index contributed by atoms with van der Waals surface area (Å²) in [6.45, 7) is 2.42. The van der Waals surface area contributed by atoms with Crippen molar-refractivity contribution in [3.05, 3.63) is 58.1 Å². The van der Waals surface area contributed by atoms with Crippen LogP contribution >= 0.6 is 0 Å². The molecule has 2 heterocycles. The zero-order chi connectivity index (χ0) is 24.6. The number of likely N-dealkylation sites (tertiary alicyclic amines) is 1. The van der Waals surface area contributed by atoms with Crippen LogP contribution in [0.1, 0.15) is 71.9 Å². The van der Waals surface area contributed by atoms with Gasteiger partial charge in [0.15, 0.2) is 0 Å². The van der Waals surface area contributed by atoms with E-state index >= 15 is 0 Å². The smallest absolute Gasteiger partial charge is 0.416 e. The Bertz CT molecular complexity index is 1090. The summed E-state index contributed by atoms with van der Waals surface area (Å²) < 4.78 is 58.5. The first-order valence-corrected chi connectivity index (χ1v) is 12.3. The van der Waals surface area contributed by atoms with Crippen molar-refractivity contribution in [3.63, 3.8) is 0 Å². The molecule has 0 N–H and O–H groups in total. The minimum absolute atomic E-state index is 0.0585. The Morgan fingerprint density at radius 1 is 1.11 bits per heavy atom. The highest BCUT2D eigenvalue weighted by Gasteiger charge is 2.38. The van der Waals surface area contributed by atoms with E-state index in [4.69, 9.17) is 14.2 Å². The van der Waals surface area contributed by atoms with Gasteiger partial charge in [-0.1, -0.05) is 18.6 Å². The van der Waals surface area contributed by atoms with E-state index in [0.29, 0.717) is 43.1 Å². The summed E-state index contributed by atoms with van der Waals surface area (Å²) in [4.78, 5) is 13.8. The first kappa shape index (κ1) is 24.0. The molecule has 2 aromatic carbocycles. The van der Waals surface area contributed by atoms with Crippen molar-refractivity contribution >= 4 is 5.97 Å². The lowest BCUT2D eigenvalue weighted by atomic mass is 9.95. The number of carbonyl (C=O) groups excluding carboxylic acids is 1. The molecule has 1 saturated heterocycles. The fraction of sp³-hybridized carbons (Fsp3) is 0.519. The summed E-state index contributed by atoms with van der Waals surface area (Å²) in [5.41, 5.74) is 2.45. The molecule has 0 aromatic heterocycles. The molecule has 0 spiro atoms. The van der Waals surface area contributed by atoms with Crippen LogP contribution in [-0.4, -0.2) is 37.7 Å². The van der Waals surface area contributed by atoms with Gasteiger partial charge in [0, 0.05) is 24.1 Å². The van der Waals surface area contributed by atoms with Crippen LogP contribution in [0.25, 0.3) is 0 Å². The molecular weight excluding hydrogens is 459 g/mol. The third-order valence-electron chi connectivity index (χ3n) is 7.39. The number of piperidine rings is 1. The van der Waals surface area contributed by atoms with Crippen LogP contribution in [0.15, 0.2) is 30.3 Å². The highest BCUT2D eigenvalue weighted by Crippen LogP contribution is 2.44. The van der Waals surface area contributed by atoms with Gasteiger partial charge in [0.1, 0.15) is 17.6 Å². The average Bonchev–Trinajstić information content (AvgIpc) is 3.43. The zero-order valence-electron chi connectivity index (χ0n) is 19.8. The van der Waals surface area contributed by atoms with Crippen LogP contribution in [0.3, 0.4) is 0 Å². The number of hydrogen-bond donors (Lipinski definition) is 0. The lowest BCUT2D eigenvalue weighted by Crippen LogP contribution is -2.30. The Morgan fingerprint density at radius 2 is 1.89 bits per heavy atom. The number of nitrogens with zero attached hydrogens (tertiary/aromatic N) is 1. The largest absolute Gasteiger partial charge is 0.492 e. The van der Waals surface area contributed by atoms with Gasteiger partial charge in [-0.2, -0.15) is 13.2 Å². The summed E-state index contributed by atoms with van der Waals surface area (Å²) in [6, 6.07) is 8.36. The number of methoxy groups -OCH3 is 1. The minimum atomic E-state index is -4.38. The van der Waals surface area contributed by atoms with E-state index in [1.807, 2.05) is 18.2 Å². The molecule has 3 aliphatic rings. The maximum atomic E-state index is 13.9. The number of alkyl halides is 3. The van der Waals surface area contributed by atoms with Gasteiger partial charge in [-0.3, -0.25) is 9.69 Å². The number of fused-ring (bicyclic) bond motifs is 2. The van der Waals surface area contributed by atoms with Crippen LogP contribution in [0.2, 0.25) is 0 Å². The van der Waals surface area contributed by atoms with Crippen molar-refractivity contribution in [2.45, 2.75) is 63.3 Å². The molecule has 5 rings (SSSR count). The summed E-state index contributed by atoms with van der Waals surface area (Å²) in [5.74, 6) is 0.940. The Hall–Kier alpha value is -2.74. The maximum absolute atomic E-state index is 13.9. The number of hydrogen-bond acceptors (Lipinski definition) is 5. The topological polar surface area (TPSA) is 48.0 Å². The number of halogens is 3. The molecule has 0 amide bonds. The molecule has 35 heavy (non-hydrogen) atoms. The van der Waals surface area contributed by atoms with Gasteiger partial charge in [-0.15, -0.1) is 0 Å². The number of carbonyl (C=O) groups is 1. The van der Waals surface area contributed by atoms with Gasteiger partial charge >= 0.3 is 12.1 Å². The van der Waals surface area contributed by atoms with Gasteiger partial charge in [0.2, 0.25) is 0 Å². The molecule has 2 aromatic rings. The van der Waals surface area contributed by atoms with E-state index < -0.39 is 11.7 Å². The fourth-order valence-corrected chi connectivity index (χ4v) is 5.60. The second kappa shape index (κ2) is 9.72. The molecule has 1 aliphatic carbocycles. The highest BCUT2D eigenvalue weighted by atomic mass is 19.4. The number of rotatable bonds is 6. The molecule has 0 radical (unpaired) electrons. The normalized spacial score (nSPS) is 21.8. The van der Waals surface area contributed by atoms with Crippen LogP contribution in [-0.2, 0) is 28.7 Å². The summed E-state index contributed by atoms with van der Waals surface area (Å²) in [5, 5.41) is 0. The quantitative estimate of drug-likeness (QED) is 0.481. The highest BCUT2D eigenvalue weighted by molar-refractivity contribution is 5.71. The Kier molecular flexibility index (Phi) is 6.66. The van der Waals surface area contributed by atoms with Gasteiger partial charge in [0.05, 0.1) is 25.7 Å². The van der Waals surface area contributed by atoms with Gasteiger partial charge in [0.25, 0.3) is 0 Å². The lowest BCUT2D eigenvalue weighted by Gasteiger charge is -2.29. The molecule has 5 nitrogen and oxygen atoms in total. The Morgan fingerprint density at radius 3 is 2.63 bits per heavy atom. The standard InChI is InChI=1S/C27H30F3NO4/c1-33-26(32)13-17-16-34-25-14-18(5-6-19(17)25)35-24-10-8-20-21(24)7-9-23(27(28,29)30)22(20)15-31-11-3-2-4-12-31/h5-7,9,14,17,24H,2-4,8,10-13,15-16H2,1H3/t17?,24-/m1/s1. The molecule has 2 atom stereocenters. The molecule has 1 fully saturated rings. The number of ether oxygens (including phenoxy) is 3. The lowest BCUT2D eigenvalue weighted by molar-refractivity contribution is -0.141. The fourth-order valence-electron chi connectivity index (χ4n) is 5.60. The van der Waals surface area contributed by atoms with Crippen LogP contribution in [0.5, 0.6) is 11.5 Å². The first-order chi connectivity index (χ1) is 16.8. The molecule has 0 saturated carbocycles. The Balaban J connectivity index is 1.37. The van der Waals surface area contributed by atoms with Crippen molar-refractivity contribution < 1.29 is 32.2 Å². The molecule has 8 heteroatoms. The van der Waals surface area contributed by atoms with Gasteiger partial charge < -0.3 is 14.2 Å². The van der Waals surface area contributed by atoms with E-state index in [1.165, 1.54) is 13.2 Å². The molecule has 2 aliphatic heterocycles. The summed E-state index contributed by atoms with van der Waals surface area (Å²) >= 11 is 0. The van der Waals surface area contributed by atoms with Gasteiger partial charge in [-0.05, 0) is 67.6 Å². The second-order valence-electron chi connectivity index (χ2n) is 9.63. The number of benzene rings is 2. The van der Waals surface area contributed by atoms with E-state index in [-0.39, 0.29) is 24.4 Å². The maximum Gasteiger partial charge on any atom is 0.416 e. The minimum Gasteiger partial charge on any atom is -0.492 e. The summed E-state index contributed by atoms with van der Waals surface area (Å²) in [6.07, 6.45) is -0.0380. The summed E-state index contributed by atoms with van der Waals surface area (Å²) in [7, 11) is 1.37. The van der Waals surface area contributed by atoms with E-state index in [1.54, 1.807) is 6.07 Å². The van der Waals surface area contributed by atoms with E-state index in [9.17, 15) is 18.0 Å². The SMILES string of the molecule is COC(=O)CC1COc2cc(O[C@@H]3CCc4c3ccc(C(F)(F)F)c4CN3CCCCC3)ccc21. The van der Waals surface area contributed by atoms with Crippen molar-refractivity contribution in [2.24, 2.45) is 0 Å². The van der Waals surface area contributed by atoms with E-state index in [2.05, 4.69) is 4.90 Å². The van der Waals surface area contributed by atoms with Gasteiger partial charge in [-0.25, -0.2) is 0 Å². The Labute approximate surface area is 203 Å². The second-order valence-corrected chi connectivity index (χ2v) is 9.63. The third-order valence-corrected chi connectivity index (χ3v) is 7.39. The third kappa shape index (κ3) is 4.99. The van der Waals surface area contributed by atoms with Crippen molar-refractivity contribution in [2.75, 3.05) is 26.8 Å². The molecule has 188 valence electrons. The monoisotopic (exact) mass is 489 g/mol. The van der Waals surface area contributed by atoms with Crippen molar-refractivity contribution in [3.8, 4) is 11.5 Å².